The van der Waals surface area contributed by atoms with Crippen molar-refractivity contribution in [1.82, 2.24) is 0 Å². The Morgan fingerprint density at radius 2 is 1.54 bits per heavy atom. The second-order valence-corrected chi connectivity index (χ2v) is 6.91. The van der Waals surface area contributed by atoms with E-state index in [0.29, 0.717) is 11.5 Å². The summed E-state index contributed by atoms with van der Waals surface area (Å²) in [5, 5.41) is 10.1. The summed E-state index contributed by atoms with van der Waals surface area (Å²) < 4.78 is 13.6. The molecule has 1 N–H and O–H groups in total. The number of aliphatic carboxylic acids is 1. The van der Waals surface area contributed by atoms with Gasteiger partial charge in [-0.3, -0.25) is 0 Å². The molecule has 4 nitrogen and oxygen atoms in total. The molecule has 1 heterocycles. The maximum absolute atomic E-state index is 13.6. The number of carboxylic acid groups (broad SMARTS) is 1. The van der Waals surface area contributed by atoms with Crippen molar-refractivity contribution in [3.63, 3.8) is 0 Å². The van der Waals surface area contributed by atoms with Crippen molar-refractivity contribution < 1.29 is 14.3 Å². The minimum absolute atomic E-state index is 0.349. The first-order valence-corrected chi connectivity index (χ1v) is 8.99. The number of rotatable bonds is 4. The van der Waals surface area contributed by atoms with E-state index in [4.69, 9.17) is 0 Å². The fourth-order valence-electron chi connectivity index (χ4n) is 3.65. The number of hydrogen-bond donors (Lipinski definition) is 1. The Morgan fingerprint density at radius 1 is 0.964 bits per heavy atom. The molecule has 140 valence electrons. The minimum Gasteiger partial charge on any atom is -0.479 e. The second-order valence-electron chi connectivity index (χ2n) is 6.91. The van der Waals surface area contributed by atoms with Crippen LogP contribution in [0, 0.1) is 5.82 Å². The third kappa shape index (κ3) is 2.95. The molecule has 0 amide bonds. The van der Waals surface area contributed by atoms with Crippen molar-refractivity contribution in [2.75, 3.05) is 4.90 Å². The molecule has 0 aromatic heterocycles. The number of hydrogen-bond acceptors (Lipinski definition) is 3. The van der Waals surface area contributed by atoms with Crippen LogP contribution in [0.25, 0.3) is 0 Å². The molecule has 2 atom stereocenters. The molecule has 0 saturated heterocycles. The van der Waals surface area contributed by atoms with Gasteiger partial charge in [0.05, 0.1) is 6.04 Å². The molecular formula is C23H19FN2O2. The van der Waals surface area contributed by atoms with Crippen LogP contribution in [0.4, 0.5) is 10.1 Å². The Labute approximate surface area is 162 Å². The van der Waals surface area contributed by atoms with Crippen LogP contribution in [0.3, 0.4) is 0 Å². The molecule has 0 spiro atoms. The zero-order chi connectivity index (χ0) is 19.7. The zero-order valence-corrected chi connectivity index (χ0v) is 15.3. The zero-order valence-electron chi connectivity index (χ0n) is 15.3. The van der Waals surface area contributed by atoms with E-state index in [0.717, 1.165) is 11.1 Å². The summed E-state index contributed by atoms with van der Waals surface area (Å²) in [7, 11) is 0. The molecule has 0 aliphatic carbocycles. The minimum atomic E-state index is -1.40. The van der Waals surface area contributed by atoms with Crippen LogP contribution in [0.15, 0.2) is 89.9 Å². The highest BCUT2D eigenvalue weighted by Crippen LogP contribution is 2.44. The molecule has 0 unspecified atom stereocenters. The van der Waals surface area contributed by atoms with E-state index in [-0.39, 0.29) is 5.82 Å². The standard InChI is InChI=1S/C23H19FN2O2/c1-23(22(27)28)20(16-8-4-2-5-9-16)26(19-14-12-18(24)13-15-19)21(25-23)17-10-6-3-7-11-17/h2-15,20H,1H3,(H,27,28)/t20-,23-/m0/s1. The van der Waals surface area contributed by atoms with Gasteiger partial charge in [0.25, 0.3) is 0 Å². The van der Waals surface area contributed by atoms with E-state index in [9.17, 15) is 14.3 Å². The van der Waals surface area contributed by atoms with Gasteiger partial charge in [-0.05, 0) is 36.8 Å². The Bertz CT molecular complexity index is 1020. The fourth-order valence-corrected chi connectivity index (χ4v) is 3.65. The highest BCUT2D eigenvalue weighted by Gasteiger charge is 2.52. The van der Waals surface area contributed by atoms with Gasteiger partial charge in [0.1, 0.15) is 11.7 Å². The number of aliphatic imine (C=N–C) groups is 1. The molecule has 0 saturated carbocycles. The number of carbonyl (C=O) groups is 1. The number of nitrogens with zero attached hydrogens (tertiary/aromatic N) is 2. The van der Waals surface area contributed by atoms with E-state index >= 15 is 0 Å². The Balaban J connectivity index is 1.96. The van der Waals surface area contributed by atoms with Gasteiger partial charge in [-0.2, -0.15) is 0 Å². The van der Waals surface area contributed by atoms with Crippen molar-refractivity contribution in [2.45, 2.75) is 18.5 Å². The van der Waals surface area contributed by atoms with Crippen molar-refractivity contribution in [1.29, 1.82) is 0 Å². The van der Waals surface area contributed by atoms with Crippen LogP contribution >= 0.6 is 0 Å². The van der Waals surface area contributed by atoms with E-state index in [1.807, 2.05) is 65.6 Å². The number of halogens is 1. The average Bonchev–Trinajstić information content (AvgIpc) is 3.05. The number of amidine groups is 1. The summed E-state index contributed by atoms with van der Waals surface area (Å²) in [6.07, 6.45) is 0. The smallest absolute Gasteiger partial charge is 0.333 e. The van der Waals surface area contributed by atoms with E-state index in [1.54, 1.807) is 19.1 Å². The topological polar surface area (TPSA) is 52.9 Å². The first-order chi connectivity index (χ1) is 13.5. The summed E-state index contributed by atoms with van der Waals surface area (Å²) in [6, 6.07) is 24.3. The predicted octanol–water partition coefficient (Wildman–Crippen LogP) is 4.68. The molecule has 0 radical (unpaired) electrons. The van der Waals surface area contributed by atoms with E-state index in [1.165, 1.54) is 12.1 Å². The van der Waals surface area contributed by atoms with Gasteiger partial charge in [-0.15, -0.1) is 0 Å². The lowest BCUT2D eigenvalue weighted by molar-refractivity contribution is -0.143. The largest absolute Gasteiger partial charge is 0.479 e. The van der Waals surface area contributed by atoms with E-state index < -0.39 is 17.6 Å². The summed E-state index contributed by atoms with van der Waals surface area (Å²) in [4.78, 5) is 18.9. The van der Waals surface area contributed by atoms with Crippen LogP contribution in [-0.2, 0) is 4.79 Å². The molecular weight excluding hydrogens is 355 g/mol. The summed E-state index contributed by atoms with van der Waals surface area (Å²) in [6.45, 7) is 1.62. The van der Waals surface area contributed by atoms with Crippen molar-refractivity contribution in [3.05, 3.63) is 102 Å². The first-order valence-electron chi connectivity index (χ1n) is 8.99. The summed E-state index contributed by atoms with van der Waals surface area (Å²) >= 11 is 0. The van der Waals surface area contributed by atoms with Crippen LogP contribution < -0.4 is 4.90 Å². The summed E-state index contributed by atoms with van der Waals surface area (Å²) in [5.74, 6) is -0.816. The molecule has 3 aromatic rings. The number of carboxylic acids is 1. The number of anilines is 1. The third-order valence-corrected chi connectivity index (χ3v) is 5.04. The molecule has 3 aromatic carbocycles. The maximum atomic E-state index is 13.6. The Hall–Kier alpha value is -3.47. The molecule has 1 aliphatic rings. The second kappa shape index (κ2) is 6.93. The van der Waals surface area contributed by atoms with Gasteiger partial charge in [-0.1, -0.05) is 60.7 Å². The molecule has 1 aliphatic heterocycles. The molecule has 0 bridgehead atoms. The highest BCUT2D eigenvalue weighted by atomic mass is 19.1. The predicted molar refractivity (Wildman–Crippen MR) is 107 cm³/mol. The van der Waals surface area contributed by atoms with Gasteiger partial charge in [-0.25, -0.2) is 14.2 Å². The Kier molecular flexibility index (Phi) is 4.43. The van der Waals surface area contributed by atoms with Crippen LogP contribution in [-0.4, -0.2) is 22.5 Å². The SMILES string of the molecule is C[C@]1(C(=O)O)N=C(c2ccccc2)N(c2ccc(F)cc2)[C@H]1c1ccccc1. The van der Waals surface area contributed by atoms with Gasteiger partial charge in [0.2, 0.25) is 0 Å². The molecule has 5 heteroatoms. The van der Waals surface area contributed by atoms with Crippen LogP contribution in [0.1, 0.15) is 24.1 Å². The lowest BCUT2D eigenvalue weighted by atomic mass is 9.87. The van der Waals surface area contributed by atoms with Crippen LogP contribution in [0.5, 0.6) is 0 Å². The normalized spacial score (nSPS) is 21.4. The van der Waals surface area contributed by atoms with Gasteiger partial charge in [0.15, 0.2) is 5.54 Å². The molecule has 0 fully saturated rings. The van der Waals surface area contributed by atoms with Crippen molar-refractivity contribution in [2.24, 2.45) is 4.99 Å². The lowest BCUT2D eigenvalue weighted by Crippen LogP contribution is -2.43. The van der Waals surface area contributed by atoms with Gasteiger partial charge in [0, 0.05) is 11.3 Å². The van der Waals surface area contributed by atoms with E-state index in [2.05, 4.69) is 4.99 Å². The maximum Gasteiger partial charge on any atom is 0.333 e. The van der Waals surface area contributed by atoms with Crippen molar-refractivity contribution >= 4 is 17.5 Å². The average molecular weight is 374 g/mol. The fraction of sp³-hybridized carbons (Fsp3) is 0.130. The quantitative estimate of drug-likeness (QED) is 0.722. The molecule has 4 rings (SSSR count). The van der Waals surface area contributed by atoms with Crippen molar-refractivity contribution in [3.8, 4) is 0 Å². The van der Waals surface area contributed by atoms with Gasteiger partial charge >= 0.3 is 5.97 Å². The van der Waals surface area contributed by atoms with Crippen LogP contribution in [0.2, 0.25) is 0 Å². The molecule has 28 heavy (non-hydrogen) atoms. The summed E-state index contributed by atoms with van der Waals surface area (Å²) in [5.41, 5.74) is 0.910. The third-order valence-electron chi connectivity index (χ3n) is 5.04. The highest BCUT2D eigenvalue weighted by molar-refractivity contribution is 6.14. The number of benzene rings is 3. The Morgan fingerprint density at radius 3 is 2.11 bits per heavy atom. The van der Waals surface area contributed by atoms with Gasteiger partial charge < -0.3 is 10.0 Å². The lowest BCUT2D eigenvalue weighted by Gasteiger charge is -2.34. The monoisotopic (exact) mass is 374 g/mol. The first kappa shape index (κ1) is 17.9.